The van der Waals surface area contributed by atoms with Gasteiger partial charge in [0.15, 0.2) is 11.5 Å². The highest BCUT2D eigenvalue weighted by Crippen LogP contribution is 2.31. The lowest BCUT2D eigenvalue weighted by Crippen LogP contribution is -2.09. The number of rotatable bonds is 6. The molecule has 0 spiro atoms. The molecule has 2 aromatic carbocycles. The summed E-state index contributed by atoms with van der Waals surface area (Å²) in [7, 11) is -3.38. The lowest BCUT2D eigenvalue weighted by atomic mass is 10.2. The number of fused-ring (bicyclic) bond motifs is 1. The fraction of sp³-hybridized carbons (Fsp3) is 0.0556. The van der Waals surface area contributed by atoms with Crippen molar-refractivity contribution in [2.24, 2.45) is 0 Å². The predicted molar refractivity (Wildman–Crippen MR) is 115 cm³/mol. The van der Waals surface area contributed by atoms with E-state index in [-0.39, 0.29) is 0 Å². The molecule has 2 heterocycles. The van der Waals surface area contributed by atoms with Crippen molar-refractivity contribution in [2.45, 2.75) is 0 Å². The molecule has 29 heavy (non-hydrogen) atoms. The van der Waals surface area contributed by atoms with Crippen molar-refractivity contribution in [3.05, 3.63) is 59.9 Å². The van der Waals surface area contributed by atoms with Crippen molar-refractivity contribution in [1.82, 2.24) is 20.2 Å². The lowest BCUT2D eigenvalue weighted by molar-refractivity contribution is 0.607. The quantitative estimate of drug-likeness (QED) is 0.366. The van der Waals surface area contributed by atoms with E-state index in [0.29, 0.717) is 39.1 Å². The van der Waals surface area contributed by atoms with Crippen LogP contribution >= 0.6 is 11.6 Å². The normalized spacial score (nSPS) is 11.4. The molecule has 0 atom stereocenters. The van der Waals surface area contributed by atoms with Crippen LogP contribution in [-0.2, 0) is 10.0 Å². The molecule has 2 aromatic heterocycles. The molecular formula is C18H16ClN7O2S. The minimum absolute atomic E-state index is 0.436. The summed E-state index contributed by atoms with van der Waals surface area (Å²) in [6, 6.07) is 14.1. The van der Waals surface area contributed by atoms with Gasteiger partial charge in [0, 0.05) is 16.4 Å². The van der Waals surface area contributed by atoms with Gasteiger partial charge < -0.3 is 10.6 Å². The van der Waals surface area contributed by atoms with E-state index in [1.165, 1.54) is 6.33 Å². The molecule has 0 amide bonds. The van der Waals surface area contributed by atoms with Gasteiger partial charge in [-0.3, -0.25) is 9.82 Å². The predicted octanol–water partition coefficient (Wildman–Crippen LogP) is 3.87. The first-order valence-electron chi connectivity index (χ1n) is 8.44. The Morgan fingerprint density at radius 3 is 2.38 bits per heavy atom. The van der Waals surface area contributed by atoms with Gasteiger partial charge in [-0.2, -0.15) is 5.10 Å². The third-order valence-electron chi connectivity index (χ3n) is 3.87. The van der Waals surface area contributed by atoms with Crippen LogP contribution in [0.5, 0.6) is 0 Å². The van der Waals surface area contributed by atoms with Gasteiger partial charge in [0.25, 0.3) is 0 Å². The van der Waals surface area contributed by atoms with Gasteiger partial charge in [0.05, 0.1) is 11.9 Å². The molecule has 0 fully saturated rings. The van der Waals surface area contributed by atoms with Gasteiger partial charge >= 0.3 is 0 Å². The highest BCUT2D eigenvalue weighted by atomic mass is 35.5. The number of H-pyrrole nitrogens is 1. The minimum atomic E-state index is -3.38. The zero-order valence-corrected chi connectivity index (χ0v) is 16.7. The monoisotopic (exact) mass is 429 g/mol. The van der Waals surface area contributed by atoms with Crippen LogP contribution in [0.4, 0.5) is 28.7 Å². The fourth-order valence-corrected chi connectivity index (χ4v) is 3.50. The molecule has 0 saturated carbocycles. The summed E-state index contributed by atoms with van der Waals surface area (Å²) in [6.07, 6.45) is 2.52. The number of hydrogen-bond acceptors (Lipinski definition) is 7. The number of aromatic nitrogens is 4. The Hall–Kier alpha value is -3.37. The van der Waals surface area contributed by atoms with Crippen LogP contribution in [0.1, 0.15) is 0 Å². The van der Waals surface area contributed by atoms with E-state index in [1.54, 1.807) is 36.4 Å². The molecule has 0 unspecified atom stereocenters. The van der Waals surface area contributed by atoms with Crippen LogP contribution in [0.15, 0.2) is 54.9 Å². The third kappa shape index (κ3) is 4.55. The summed E-state index contributed by atoms with van der Waals surface area (Å²) in [5.74, 6) is 1.03. The Bertz CT molecular complexity index is 1290. The maximum Gasteiger partial charge on any atom is 0.229 e. The van der Waals surface area contributed by atoms with E-state index in [1.807, 2.05) is 12.1 Å². The highest BCUT2D eigenvalue weighted by Gasteiger charge is 2.14. The molecule has 9 nitrogen and oxygen atoms in total. The Labute approximate surface area is 171 Å². The summed E-state index contributed by atoms with van der Waals surface area (Å²) in [4.78, 5) is 8.52. The molecule has 4 aromatic rings. The number of benzene rings is 2. The topological polar surface area (TPSA) is 125 Å². The van der Waals surface area contributed by atoms with E-state index < -0.39 is 10.0 Å². The Morgan fingerprint density at radius 1 is 0.931 bits per heavy atom. The van der Waals surface area contributed by atoms with E-state index in [2.05, 4.69) is 35.5 Å². The van der Waals surface area contributed by atoms with Crippen LogP contribution in [-0.4, -0.2) is 34.8 Å². The number of nitrogens with one attached hydrogen (secondary N) is 4. The third-order valence-corrected chi connectivity index (χ3v) is 4.72. The fourth-order valence-electron chi connectivity index (χ4n) is 2.76. The van der Waals surface area contributed by atoms with Crippen LogP contribution in [0, 0.1) is 0 Å². The van der Waals surface area contributed by atoms with Crippen LogP contribution < -0.4 is 15.4 Å². The van der Waals surface area contributed by atoms with E-state index in [4.69, 9.17) is 11.6 Å². The number of halogens is 1. The Balaban J connectivity index is 1.68. The summed E-state index contributed by atoms with van der Waals surface area (Å²) in [6.45, 7) is 0. The zero-order chi connectivity index (χ0) is 20.4. The van der Waals surface area contributed by atoms with Gasteiger partial charge in [-0.05, 0) is 36.4 Å². The summed E-state index contributed by atoms with van der Waals surface area (Å²) in [5, 5.41) is 14.8. The van der Waals surface area contributed by atoms with Crippen molar-refractivity contribution >= 4 is 61.4 Å². The summed E-state index contributed by atoms with van der Waals surface area (Å²) in [5.41, 5.74) is 2.39. The minimum Gasteiger partial charge on any atom is -0.339 e. The Kier molecular flexibility index (Phi) is 4.95. The maximum absolute atomic E-state index is 11.5. The average molecular weight is 430 g/mol. The molecule has 4 N–H and O–H groups in total. The zero-order valence-electron chi connectivity index (χ0n) is 15.1. The SMILES string of the molecule is CS(=O)(=O)Nc1cccc(Nc2n[nH]c3ncnc(Nc4cccc(Cl)c4)c23)c1. The largest absolute Gasteiger partial charge is 0.339 e. The molecule has 148 valence electrons. The number of hydrogen-bond donors (Lipinski definition) is 4. The van der Waals surface area contributed by atoms with Crippen molar-refractivity contribution in [1.29, 1.82) is 0 Å². The molecule has 0 aliphatic heterocycles. The molecule has 0 bridgehead atoms. The number of anilines is 5. The van der Waals surface area contributed by atoms with Crippen molar-refractivity contribution < 1.29 is 8.42 Å². The number of nitrogens with zero attached hydrogens (tertiary/aromatic N) is 3. The molecule has 0 aliphatic rings. The van der Waals surface area contributed by atoms with Gasteiger partial charge in [-0.1, -0.05) is 23.7 Å². The second-order valence-electron chi connectivity index (χ2n) is 6.23. The molecule has 11 heteroatoms. The van der Waals surface area contributed by atoms with Crippen molar-refractivity contribution in [2.75, 3.05) is 21.6 Å². The van der Waals surface area contributed by atoms with Crippen LogP contribution in [0.25, 0.3) is 11.0 Å². The molecular weight excluding hydrogens is 414 g/mol. The van der Waals surface area contributed by atoms with Crippen molar-refractivity contribution in [3.8, 4) is 0 Å². The second kappa shape index (κ2) is 7.57. The summed E-state index contributed by atoms with van der Waals surface area (Å²) < 4.78 is 25.4. The van der Waals surface area contributed by atoms with E-state index in [9.17, 15) is 8.42 Å². The average Bonchev–Trinajstić information content (AvgIpc) is 3.05. The number of aromatic amines is 1. The highest BCUT2D eigenvalue weighted by molar-refractivity contribution is 7.92. The van der Waals surface area contributed by atoms with Gasteiger partial charge in [-0.15, -0.1) is 0 Å². The van der Waals surface area contributed by atoms with Gasteiger partial charge in [0.1, 0.15) is 17.5 Å². The lowest BCUT2D eigenvalue weighted by Gasteiger charge is -2.10. The Morgan fingerprint density at radius 2 is 1.62 bits per heavy atom. The van der Waals surface area contributed by atoms with Crippen LogP contribution in [0.3, 0.4) is 0 Å². The van der Waals surface area contributed by atoms with Gasteiger partial charge in [0.2, 0.25) is 10.0 Å². The first kappa shape index (κ1) is 19.0. The van der Waals surface area contributed by atoms with E-state index in [0.717, 1.165) is 11.9 Å². The van der Waals surface area contributed by atoms with Crippen LogP contribution in [0.2, 0.25) is 5.02 Å². The van der Waals surface area contributed by atoms with Crippen molar-refractivity contribution in [3.63, 3.8) is 0 Å². The summed E-state index contributed by atoms with van der Waals surface area (Å²) >= 11 is 6.06. The smallest absolute Gasteiger partial charge is 0.229 e. The van der Waals surface area contributed by atoms with Gasteiger partial charge in [-0.25, -0.2) is 18.4 Å². The molecule has 4 rings (SSSR count). The van der Waals surface area contributed by atoms with E-state index >= 15 is 0 Å². The molecule has 0 saturated heterocycles. The molecule has 0 radical (unpaired) electrons. The standard InChI is InChI=1S/C18H16ClN7O2S/c1-29(27,28)26-14-7-3-6-13(9-14)23-18-15-16(20-10-21-17(15)24-25-18)22-12-5-2-4-11(19)8-12/h2-10,26H,1H3,(H3,20,21,22,23,24,25). The maximum atomic E-state index is 11.5. The number of sulfonamides is 1. The first-order valence-corrected chi connectivity index (χ1v) is 10.7. The first-order chi connectivity index (χ1) is 13.9. The molecule has 0 aliphatic carbocycles. The second-order valence-corrected chi connectivity index (χ2v) is 8.42.